The van der Waals surface area contributed by atoms with Crippen molar-refractivity contribution in [3.8, 4) is 0 Å². The third-order valence-electron chi connectivity index (χ3n) is 3.01. The van der Waals surface area contributed by atoms with Crippen molar-refractivity contribution in [1.29, 1.82) is 0 Å². The van der Waals surface area contributed by atoms with Crippen LogP contribution in [0.5, 0.6) is 0 Å². The highest BCUT2D eigenvalue weighted by atomic mass is 32.1. The summed E-state index contributed by atoms with van der Waals surface area (Å²) in [5.41, 5.74) is -1.98. The predicted molar refractivity (Wildman–Crippen MR) is 89.2 cm³/mol. The molecule has 6 nitrogen and oxygen atoms in total. The largest absolute Gasteiger partial charge is 0.443 e. The SMILES string of the molecule is CC(C)(C)OC(=O)N(Cc1cnccc1C(F)(F)F)c1ncc(C=O)s1. The monoisotopic (exact) mass is 387 g/mol. The summed E-state index contributed by atoms with van der Waals surface area (Å²) in [6.07, 6.45) is -1.64. The van der Waals surface area contributed by atoms with Crippen molar-refractivity contribution in [1.82, 2.24) is 9.97 Å². The van der Waals surface area contributed by atoms with Gasteiger partial charge in [0, 0.05) is 18.0 Å². The molecule has 0 aliphatic carbocycles. The number of amides is 1. The topological polar surface area (TPSA) is 72.4 Å². The molecule has 0 saturated heterocycles. The number of carbonyl (C=O) groups is 2. The van der Waals surface area contributed by atoms with Crippen LogP contribution in [0.25, 0.3) is 0 Å². The number of rotatable bonds is 4. The zero-order chi connectivity index (χ0) is 19.5. The lowest BCUT2D eigenvalue weighted by Gasteiger charge is -2.26. The molecule has 0 radical (unpaired) electrons. The molecular formula is C16H16F3N3O3S. The fraction of sp³-hybridized carbons (Fsp3) is 0.375. The van der Waals surface area contributed by atoms with Crippen molar-refractivity contribution in [2.24, 2.45) is 0 Å². The van der Waals surface area contributed by atoms with E-state index in [0.29, 0.717) is 6.29 Å². The van der Waals surface area contributed by atoms with Gasteiger partial charge in [-0.2, -0.15) is 13.2 Å². The van der Waals surface area contributed by atoms with Crippen LogP contribution < -0.4 is 4.90 Å². The van der Waals surface area contributed by atoms with Gasteiger partial charge in [-0.1, -0.05) is 11.3 Å². The second-order valence-corrected chi connectivity index (χ2v) is 7.30. The average molecular weight is 387 g/mol. The van der Waals surface area contributed by atoms with E-state index in [9.17, 15) is 22.8 Å². The number of carbonyl (C=O) groups excluding carboxylic acids is 2. The summed E-state index contributed by atoms with van der Waals surface area (Å²) in [5, 5.41) is 0.0540. The highest BCUT2D eigenvalue weighted by Crippen LogP contribution is 2.33. The Labute approximate surface area is 151 Å². The van der Waals surface area contributed by atoms with Crippen LogP contribution in [0, 0.1) is 0 Å². The number of anilines is 1. The van der Waals surface area contributed by atoms with E-state index in [2.05, 4.69) is 9.97 Å². The molecule has 26 heavy (non-hydrogen) atoms. The number of hydrogen-bond donors (Lipinski definition) is 0. The Morgan fingerprint density at radius 1 is 1.31 bits per heavy atom. The molecule has 0 bridgehead atoms. The number of ether oxygens (including phenoxy) is 1. The van der Waals surface area contributed by atoms with E-state index >= 15 is 0 Å². The van der Waals surface area contributed by atoms with Crippen LogP contribution in [0.2, 0.25) is 0 Å². The summed E-state index contributed by atoms with van der Waals surface area (Å²) >= 11 is 0.872. The summed E-state index contributed by atoms with van der Waals surface area (Å²) in [7, 11) is 0. The predicted octanol–water partition coefficient (Wildman–Crippen LogP) is 4.31. The van der Waals surface area contributed by atoms with Crippen molar-refractivity contribution < 1.29 is 27.5 Å². The highest BCUT2D eigenvalue weighted by molar-refractivity contribution is 7.17. The van der Waals surface area contributed by atoms with Crippen LogP contribution in [0.3, 0.4) is 0 Å². The Kier molecular flexibility index (Phi) is 5.65. The quantitative estimate of drug-likeness (QED) is 0.731. The fourth-order valence-corrected chi connectivity index (χ4v) is 2.70. The van der Waals surface area contributed by atoms with E-state index in [-0.39, 0.29) is 15.6 Å². The van der Waals surface area contributed by atoms with Gasteiger partial charge in [0.25, 0.3) is 0 Å². The summed E-state index contributed by atoms with van der Waals surface area (Å²) in [4.78, 5) is 32.2. The first-order valence-electron chi connectivity index (χ1n) is 7.43. The smallest absolute Gasteiger partial charge is 0.416 e. The van der Waals surface area contributed by atoms with Gasteiger partial charge < -0.3 is 4.74 Å². The average Bonchev–Trinajstić information content (AvgIpc) is 2.99. The number of aldehydes is 1. The molecule has 0 aromatic carbocycles. The van der Waals surface area contributed by atoms with Gasteiger partial charge in [0.15, 0.2) is 11.4 Å². The number of pyridine rings is 1. The molecule has 2 aromatic rings. The first kappa shape index (κ1) is 19.8. The Hall–Kier alpha value is -2.49. The van der Waals surface area contributed by atoms with Gasteiger partial charge in [0.2, 0.25) is 0 Å². The Bertz CT molecular complexity index is 800. The first-order chi connectivity index (χ1) is 12.0. The van der Waals surface area contributed by atoms with Crippen molar-refractivity contribution in [3.63, 3.8) is 0 Å². The lowest BCUT2D eigenvalue weighted by atomic mass is 10.1. The van der Waals surface area contributed by atoms with Crippen molar-refractivity contribution in [2.45, 2.75) is 39.1 Å². The van der Waals surface area contributed by atoms with Gasteiger partial charge in [0.05, 0.1) is 23.2 Å². The Morgan fingerprint density at radius 3 is 2.54 bits per heavy atom. The molecule has 0 aliphatic rings. The van der Waals surface area contributed by atoms with Gasteiger partial charge >= 0.3 is 12.3 Å². The van der Waals surface area contributed by atoms with Crippen LogP contribution in [-0.4, -0.2) is 27.9 Å². The van der Waals surface area contributed by atoms with Crippen LogP contribution >= 0.6 is 11.3 Å². The zero-order valence-corrected chi connectivity index (χ0v) is 15.0. The summed E-state index contributed by atoms with van der Waals surface area (Å²) in [5.74, 6) is 0. The third-order valence-corrected chi connectivity index (χ3v) is 3.96. The lowest BCUT2D eigenvalue weighted by molar-refractivity contribution is -0.138. The maximum absolute atomic E-state index is 13.2. The molecule has 0 N–H and O–H groups in total. The zero-order valence-electron chi connectivity index (χ0n) is 14.2. The summed E-state index contributed by atoms with van der Waals surface area (Å²) < 4.78 is 44.9. The molecular weight excluding hydrogens is 371 g/mol. The van der Waals surface area contributed by atoms with E-state index in [1.807, 2.05) is 0 Å². The Balaban J connectivity index is 2.42. The number of aromatic nitrogens is 2. The van der Waals surface area contributed by atoms with Crippen LogP contribution in [0.4, 0.5) is 23.1 Å². The number of thiazole rings is 1. The molecule has 2 heterocycles. The molecule has 10 heteroatoms. The van der Waals surface area contributed by atoms with E-state index in [0.717, 1.165) is 34.7 Å². The first-order valence-corrected chi connectivity index (χ1v) is 8.24. The molecule has 1 amide bonds. The van der Waals surface area contributed by atoms with Gasteiger partial charge in [0.1, 0.15) is 5.60 Å². The number of halogens is 3. The molecule has 2 aromatic heterocycles. The standard InChI is InChI=1S/C16H16F3N3O3S/c1-15(2,3)25-14(24)22(13-21-7-11(9-23)26-13)8-10-6-20-5-4-12(10)16(17,18)19/h4-7,9H,8H2,1-3H3. The summed E-state index contributed by atoms with van der Waals surface area (Å²) in [6, 6.07) is 0.835. The molecule has 0 fully saturated rings. The van der Waals surface area contributed by atoms with Crippen molar-refractivity contribution in [2.75, 3.05) is 4.90 Å². The molecule has 0 saturated carbocycles. The minimum Gasteiger partial charge on any atom is -0.443 e. The highest BCUT2D eigenvalue weighted by Gasteiger charge is 2.35. The van der Waals surface area contributed by atoms with E-state index in [1.165, 1.54) is 6.20 Å². The third kappa shape index (κ3) is 5.01. The molecule has 0 unspecified atom stereocenters. The molecule has 2 rings (SSSR count). The lowest BCUT2D eigenvalue weighted by Crippen LogP contribution is -2.37. The molecule has 0 atom stereocenters. The maximum Gasteiger partial charge on any atom is 0.416 e. The number of alkyl halides is 3. The second kappa shape index (κ2) is 7.40. The number of nitrogens with zero attached hydrogens (tertiary/aromatic N) is 3. The van der Waals surface area contributed by atoms with Crippen molar-refractivity contribution >= 4 is 28.8 Å². The summed E-state index contributed by atoms with van der Waals surface area (Å²) in [6.45, 7) is 4.44. The normalized spacial score (nSPS) is 11.9. The minimum absolute atomic E-state index is 0.0540. The van der Waals surface area contributed by atoms with E-state index in [4.69, 9.17) is 4.74 Å². The fourth-order valence-electron chi connectivity index (χ4n) is 1.98. The minimum atomic E-state index is -4.60. The number of hydrogen-bond acceptors (Lipinski definition) is 6. The Morgan fingerprint density at radius 2 is 2.00 bits per heavy atom. The van der Waals surface area contributed by atoms with Crippen molar-refractivity contribution in [3.05, 3.63) is 40.7 Å². The van der Waals surface area contributed by atoms with Gasteiger partial charge in [-0.05, 0) is 26.8 Å². The van der Waals surface area contributed by atoms with E-state index in [1.54, 1.807) is 20.8 Å². The molecule has 140 valence electrons. The van der Waals surface area contributed by atoms with Crippen LogP contribution in [0.1, 0.15) is 41.6 Å². The molecule has 0 spiro atoms. The van der Waals surface area contributed by atoms with E-state index < -0.39 is 30.0 Å². The van der Waals surface area contributed by atoms with Gasteiger partial charge in [-0.15, -0.1) is 0 Å². The second-order valence-electron chi connectivity index (χ2n) is 6.26. The van der Waals surface area contributed by atoms with Crippen LogP contribution in [0.15, 0.2) is 24.7 Å². The van der Waals surface area contributed by atoms with Crippen LogP contribution in [-0.2, 0) is 17.5 Å². The van der Waals surface area contributed by atoms with Gasteiger partial charge in [-0.25, -0.2) is 14.7 Å². The van der Waals surface area contributed by atoms with Gasteiger partial charge in [-0.3, -0.25) is 9.78 Å². The maximum atomic E-state index is 13.2. The molecule has 0 aliphatic heterocycles.